The predicted molar refractivity (Wildman–Crippen MR) is 301 cm³/mol. The van der Waals surface area contributed by atoms with E-state index in [9.17, 15) is 33.7 Å². The van der Waals surface area contributed by atoms with E-state index in [2.05, 4.69) is 0 Å². The number of rotatable bonds is 8. The van der Waals surface area contributed by atoms with E-state index in [1.54, 1.807) is 128 Å². The molecule has 0 saturated carbocycles. The summed E-state index contributed by atoms with van der Waals surface area (Å²) in [5.41, 5.74) is 12.3. The van der Waals surface area contributed by atoms with E-state index in [0.29, 0.717) is 156 Å². The molecule has 4 aromatic carbocycles. The van der Waals surface area contributed by atoms with Crippen molar-refractivity contribution in [3.8, 4) is 44.5 Å². The van der Waals surface area contributed by atoms with Crippen LogP contribution in [0, 0.1) is 83.1 Å². The molecule has 16 nitrogen and oxygen atoms in total. The maximum absolute atomic E-state index is 13.4. The molecule has 0 fully saturated rings. The van der Waals surface area contributed by atoms with Crippen LogP contribution in [0.15, 0.2) is 68.1 Å². The van der Waals surface area contributed by atoms with Crippen LogP contribution in [0.4, 0.5) is 0 Å². The minimum Gasteiger partial charge on any atom is -0.657 e. The van der Waals surface area contributed by atoms with Crippen molar-refractivity contribution in [1.82, 2.24) is 19.9 Å². The molecule has 0 atom stereocenters. The molecule has 2 aliphatic heterocycles. The van der Waals surface area contributed by atoms with E-state index < -0.39 is 40.1 Å². The van der Waals surface area contributed by atoms with Crippen LogP contribution in [0.5, 0.6) is 0 Å². The molecule has 5 heterocycles. The number of fused-ring (bicyclic) bond motifs is 8. The van der Waals surface area contributed by atoms with Crippen molar-refractivity contribution in [1.29, 1.82) is 0 Å². The summed E-state index contributed by atoms with van der Waals surface area (Å²) in [6.07, 6.45) is 7.07. The van der Waals surface area contributed by atoms with Gasteiger partial charge in [-0.05, 0) is 213 Å². The van der Waals surface area contributed by atoms with Gasteiger partial charge in [0.25, 0.3) is 0 Å². The van der Waals surface area contributed by atoms with E-state index in [1.165, 1.54) is 0 Å². The first-order valence-electron chi connectivity index (χ1n) is 23.8. The normalized spacial score (nSPS) is 12.9. The van der Waals surface area contributed by atoms with Crippen molar-refractivity contribution in [2.75, 3.05) is 0 Å². The van der Waals surface area contributed by atoms with Crippen LogP contribution in [0.3, 0.4) is 0 Å². The molecule has 399 valence electrons. The number of aromatic nitrogens is 4. The van der Waals surface area contributed by atoms with Crippen LogP contribution in [-0.4, -0.2) is 43.6 Å². The van der Waals surface area contributed by atoms with Crippen molar-refractivity contribution in [3.05, 3.63) is 138 Å². The summed E-state index contributed by atoms with van der Waals surface area (Å²) in [6, 6.07) is 14.0. The first-order chi connectivity index (χ1) is 35.2. The third kappa shape index (κ3) is 9.66. The number of aryl methyl sites for hydroxylation is 8. The van der Waals surface area contributed by atoms with Gasteiger partial charge in [-0.3, -0.25) is 0 Å². The fraction of sp³-hybridized carbons (Fsp3) is 0.214. The molecule has 8 N–H and O–H groups in total. The smallest absolute Gasteiger partial charge is 0.657 e. The van der Waals surface area contributed by atoms with Gasteiger partial charge in [0.1, 0.15) is 0 Å². The van der Waals surface area contributed by atoms with E-state index in [4.69, 9.17) is 40.5 Å². The number of hydrogen-bond acceptors (Lipinski definition) is 10. The SMILES string of the molecule is Cc1cc(C)c(S(N)(=O)=O)c(C)c1-c1c2nc(c(-c3c(C)cc(C)c(S(N)(=O)=O)c3C)c3ccc([n-]3)c(-c3c(C)cc(C)c(S(N)(=O)=O)c3C)c3ccc([n-]3)c(-c3c(C)cc(C)c(S(N)(=O)=O)c3C)c3nc1C=C3)C=C2.[Mn+2]. The summed E-state index contributed by atoms with van der Waals surface area (Å²) in [7, 11) is -17.1. The summed E-state index contributed by atoms with van der Waals surface area (Å²) >= 11 is 0. The van der Waals surface area contributed by atoms with Gasteiger partial charge in [-0.15, -0.1) is 22.1 Å². The van der Waals surface area contributed by atoms with Gasteiger partial charge in [-0.1, -0.05) is 48.5 Å². The van der Waals surface area contributed by atoms with Gasteiger partial charge in [-0.25, -0.2) is 64.2 Å². The van der Waals surface area contributed by atoms with Gasteiger partial charge in [0.15, 0.2) is 0 Å². The van der Waals surface area contributed by atoms with E-state index in [1.807, 2.05) is 27.7 Å². The Morgan fingerprint density at radius 1 is 0.312 bits per heavy atom. The monoisotopic (exact) mass is 1150 g/mol. The number of benzene rings is 4. The van der Waals surface area contributed by atoms with Gasteiger partial charge in [0.2, 0.25) is 40.1 Å². The third-order valence-electron chi connectivity index (χ3n) is 14.4. The number of nitrogens with two attached hydrogens (primary N) is 4. The molecule has 0 saturated heterocycles. The zero-order valence-corrected chi connectivity index (χ0v) is 48.7. The molecule has 1 radical (unpaired) electrons. The van der Waals surface area contributed by atoms with E-state index >= 15 is 0 Å². The van der Waals surface area contributed by atoms with Crippen molar-refractivity contribution in [3.63, 3.8) is 0 Å². The van der Waals surface area contributed by atoms with Crippen molar-refractivity contribution in [2.24, 2.45) is 20.6 Å². The molecule has 0 amide bonds. The van der Waals surface area contributed by atoms with Crippen molar-refractivity contribution in [2.45, 2.75) is 103 Å². The number of primary sulfonamides is 4. The van der Waals surface area contributed by atoms with Gasteiger partial charge in [0, 0.05) is 5.56 Å². The standard InChI is InChI=1S/C56H56N8O8S4.Mn/c1-25-21-29(5)53(73(57,65)66)33(9)45(25)49-37-13-15-39(61-37)50(46-26(2)22-30(6)54(34(46)10)74(58,67)68)41-17-19-43(63-41)52(48-28(4)24-32(8)56(36(48)12)76(60,71)72)44-20-18-42(64-44)51(40-16-14-38(49)62-40)47-27(3)23-31(7)55(35(47)11)75(59,69)70;/h13-24H,1-12H3,(H2,57,65,66)(H2,58,67,68)(H2,59,69,70)(H2,60,71,72);/q-2;+2. The Hall–Kier alpha value is -6.36. The van der Waals surface area contributed by atoms with Crippen LogP contribution < -0.4 is 30.5 Å². The molecule has 3 aromatic heterocycles. The Kier molecular flexibility index (Phi) is 14.4. The molecule has 9 rings (SSSR count). The minimum absolute atomic E-state index is 0. The molecule has 0 aliphatic carbocycles. The van der Waals surface area contributed by atoms with Gasteiger partial charge >= 0.3 is 17.1 Å². The summed E-state index contributed by atoms with van der Waals surface area (Å²) in [5.74, 6) is 0. The molecular weight excluding hydrogens is 1100 g/mol. The van der Waals surface area contributed by atoms with Gasteiger partial charge < -0.3 is 9.97 Å². The molecule has 21 heteroatoms. The Labute approximate surface area is 459 Å². The fourth-order valence-corrected chi connectivity index (χ4v) is 16.2. The molecule has 2 aliphatic rings. The first-order valence-corrected chi connectivity index (χ1v) is 30.0. The van der Waals surface area contributed by atoms with E-state index in [0.717, 1.165) is 0 Å². The zero-order chi connectivity index (χ0) is 55.8. The number of sulfonamides is 4. The Morgan fingerprint density at radius 3 is 0.766 bits per heavy atom. The molecule has 7 aromatic rings. The summed E-state index contributed by atoms with van der Waals surface area (Å²) in [6.45, 7) is 20.8. The maximum atomic E-state index is 13.4. The Bertz CT molecular complexity index is 4350. The number of hydrogen-bond donors (Lipinski definition) is 4. The largest absolute Gasteiger partial charge is 2.00 e. The summed E-state index contributed by atoms with van der Waals surface area (Å²) < 4.78 is 107. The second-order valence-corrected chi connectivity index (χ2v) is 25.9. The molecule has 0 spiro atoms. The predicted octanol–water partition coefficient (Wildman–Crippen LogP) is 8.87. The van der Waals surface area contributed by atoms with Crippen LogP contribution in [0.2, 0.25) is 0 Å². The van der Waals surface area contributed by atoms with Gasteiger partial charge in [0.05, 0.1) is 42.4 Å². The van der Waals surface area contributed by atoms with Crippen LogP contribution in [0.1, 0.15) is 89.5 Å². The van der Waals surface area contributed by atoms with Crippen molar-refractivity contribution < 1.29 is 50.7 Å². The Balaban J connectivity index is 0.00000784. The van der Waals surface area contributed by atoms with E-state index in [-0.39, 0.29) is 36.7 Å². The number of nitrogens with zero attached hydrogens (tertiary/aromatic N) is 4. The van der Waals surface area contributed by atoms with Gasteiger partial charge in [-0.2, -0.15) is 0 Å². The average molecular weight is 1150 g/mol. The molecular formula is C56H56MnN8O8S4. The Morgan fingerprint density at radius 2 is 0.519 bits per heavy atom. The molecule has 0 unspecified atom stereocenters. The van der Waals surface area contributed by atoms with Crippen molar-refractivity contribution >= 4 is 86.5 Å². The second kappa shape index (κ2) is 19.5. The fourth-order valence-electron chi connectivity index (χ4n) is 12.1. The third-order valence-corrected chi connectivity index (χ3v) is 19.1. The zero-order valence-electron chi connectivity index (χ0n) is 44.3. The molecule has 77 heavy (non-hydrogen) atoms. The quantitative estimate of drug-likeness (QED) is 0.104. The maximum Gasteiger partial charge on any atom is 2.00 e. The topological polar surface area (TPSA) is 295 Å². The summed E-state index contributed by atoms with van der Waals surface area (Å²) in [4.78, 5) is 21.0. The van der Waals surface area contributed by atoms with Crippen LogP contribution in [0.25, 0.3) is 90.9 Å². The first kappa shape index (κ1) is 56.8. The van der Waals surface area contributed by atoms with Crippen LogP contribution in [-0.2, 0) is 57.2 Å². The second-order valence-electron chi connectivity index (χ2n) is 19.9. The average Bonchev–Trinajstić information content (AvgIpc) is 4.14. The minimum atomic E-state index is -4.28. The summed E-state index contributed by atoms with van der Waals surface area (Å²) in [5, 5.41) is 23.7. The molecule has 8 bridgehead atoms. The van der Waals surface area contributed by atoms with Crippen LogP contribution >= 0.6 is 0 Å².